The van der Waals surface area contributed by atoms with E-state index < -0.39 is 28.4 Å². The summed E-state index contributed by atoms with van der Waals surface area (Å²) in [5.41, 5.74) is 3.02. The van der Waals surface area contributed by atoms with Crippen LogP contribution >= 0.6 is 23.2 Å². The van der Waals surface area contributed by atoms with Crippen LogP contribution in [-0.4, -0.2) is 38.2 Å². The Morgan fingerprint density at radius 3 is 2.15 bits per heavy atom. The molecule has 3 rings (SSSR count). The fourth-order valence-electron chi connectivity index (χ4n) is 2.77. The number of halogens is 2. The molecule has 0 fully saturated rings. The summed E-state index contributed by atoms with van der Waals surface area (Å²) in [6, 6.07) is 17.6. The van der Waals surface area contributed by atoms with Crippen molar-refractivity contribution in [1.29, 1.82) is 0 Å². The Balaban J connectivity index is 1.82. The number of benzene rings is 3. The number of anilines is 1. The van der Waals surface area contributed by atoms with Crippen molar-refractivity contribution in [2.24, 2.45) is 5.10 Å². The van der Waals surface area contributed by atoms with E-state index >= 15 is 0 Å². The van der Waals surface area contributed by atoms with Crippen molar-refractivity contribution in [3.05, 3.63) is 94.0 Å². The van der Waals surface area contributed by atoms with Gasteiger partial charge in [-0.3, -0.25) is 9.10 Å². The first-order chi connectivity index (χ1) is 15.7. The summed E-state index contributed by atoms with van der Waals surface area (Å²) in [4.78, 5) is 23.4. The first-order valence-corrected chi connectivity index (χ1v) is 11.6. The first kappa shape index (κ1) is 24.2. The average Bonchev–Trinajstić information content (AvgIpc) is 2.77. The number of nitrogens with one attached hydrogen (secondary N) is 1. The molecular weight excluding hydrogens is 489 g/mol. The SMILES string of the molecule is O=C(CN(c1cc(Cl)cc(Cl)c1)S(=O)(=O)c1ccccc1)N/N=C\c1ccc(C(=O)O)cc1. The quantitative estimate of drug-likeness (QED) is 0.354. The Bertz CT molecular complexity index is 1280. The number of carboxylic acids is 1. The third-order valence-electron chi connectivity index (χ3n) is 4.31. The van der Waals surface area contributed by atoms with Gasteiger partial charge < -0.3 is 5.11 Å². The molecule has 170 valence electrons. The molecule has 0 radical (unpaired) electrons. The Morgan fingerprint density at radius 2 is 1.58 bits per heavy atom. The van der Waals surface area contributed by atoms with Gasteiger partial charge in [0.25, 0.3) is 15.9 Å². The van der Waals surface area contributed by atoms with E-state index in [1.807, 2.05) is 0 Å². The van der Waals surface area contributed by atoms with Crippen LogP contribution in [0.25, 0.3) is 0 Å². The number of hydrazone groups is 1. The van der Waals surface area contributed by atoms with Gasteiger partial charge in [0.15, 0.2) is 0 Å². The van der Waals surface area contributed by atoms with Gasteiger partial charge in [-0.25, -0.2) is 18.6 Å². The van der Waals surface area contributed by atoms with Gasteiger partial charge in [0, 0.05) is 10.0 Å². The van der Waals surface area contributed by atoms with E-state index in [-0.39, 0.29) is 26.2 Å². The van der Waals surface area contributed by atoms with Crippen LogP contribution in [0.5, 0.6) is 0 Å². The van der Waals surface area contributed by atoms with Crippen LogP contribution in [0, 0.1) is 0 Å². The van der Waals surface area contributed by atoms with E-state index in [0.717, 1.165) is 4.31 Å². The zero-order valence-corrected chi connectivity index (χ0v) is 19.2. The van der Waals surface area contributed by atoms with Gasteiger partial charge in [-0.15, -0.1) is 0 Å². The van der Waals surface area contributed by atoms with Crippen molar-refractivity contribution in [2.75, 3.05) is 10.8 Å². The molecule has 0 spiro atoms. The van der Waals surface area contributed by atoms with Crippen LogP contribution < -0.4 is 9.73 Å². The fraction of sp³-hybridized carbons (Fsp3) is 0.0455. The van der Waals surface area contributed by atoms with Gasteiger partial charge >= 0.3 is 5.97 Å². The van der Waals surface area contributed by atoms with Gasteiger partial charge in [0.2, 0.25) is 0 Å². The number of amides is 1. The normalized spacial score (nSPS) is 11.3. The van der Waals surface area contributed by atoms with Crippen LogP contribution in [0.15, 0.2) is 82.8 Å². The Morgan fingerprint density at radius 1 is 0.970 bits per heavy atom. The molecular formula is C22H17Cl2N3O5S. The smallest absolute Gasteiger partial charge is 0.335 e. The maximum atomic E-state index is 13.2. The number of sulfonamides is 1. The number of hydrogen-bond acceptors (Lipinski definition) is 5. The van der Waals surface area contributed by atoms with Crippen LogP contribution in [0.3, 0.4) is 0 Å². The second kappa shape index (κ2) is 10.5. The number of carbonyl (C=O) groups is 2. The molecule has 0 unspecified atom stereocenters. The highest BCUT2D eigenvalue weighted by Crippen LogP contribution is 2.29. The molecule has 0 heterocycles. The highest BCUT2D eigenvalue weighted by molar-refractivity contribution is 7.92. The van der Waals surface area contributed by atoms with E-state index in [0.29, 0.717) is 5.56 Å². The molecule has 2 N–H and O–H groups in total. The molecule has 11 heteroatoms. The minimum atomic E-state index is -4.13. The third kappa shape index (κ3) is 6.32. The zero-order chi connectivity index (χ0) is 24.0. The lowest BCUT2D eigenvalue weighted by atomic mass is 10.1. The molecule has 33 heavy (non-hydrogen) atoms. The molecule has 0 aromatic heterocycles. The standard InChI is InChI=1S/C22H17Cl2N3O5S/c23-17-10-18(24)12-19(11-17)27(33(31,32)20-4-2-1-3-5-20)14-21(28)26-25-13-15-6-8-16(9-7-15)22(29)30/h1-13H,14H2,(H,26,28)(H,29,30)/b25-13-. The Hall–Kier alpha value is -3.40. The zero-order valence-electron chi connectivity index (χ0n) is 16.9. The first-order valence-electron chi connectivity index (χ1n) is 9.36. The Labute approximate surface area is 200 Å². The van der Waals surface area contributed by atoms with E-state index in [1.165, 1.54) is 60.8 Å². The lowest BCUT2D eigenvalue weighted by molar-refractivity contribution is -0.119. The third-order valence-corrected chi connectivity index (χ3v) is 6.54. The molecule has 0 saturated carbocycles. The van der Waals surface area contributed by atoms with Crippen LogP contribution in [0.2, 0.25) is 10.0 Å². The summed E-state index contributed by atoms with van der Waals surface area (Å²) in [6.45, 7) is -0.594. The van der Waals surface area contributed by atoms with Gasteiger partial charge in [-0.1, -0.05) is 53.5 Å². The van der Waals surface area contributed by atoms with Gasteiger partial charge in [0.05, 0.1) is 22.4 Å². The summed E-state index contributed by atoms with van der Waals surface area (Å²) >= 11 is 12.1. The predicted molar refractivity (Wildman–Crippen MR) is 127 cm³/mol. The summed E-state index contributed by atoms with van der Waals surface area (Å²) in [7, 11) is -4.13. The average molecular weight is 506 g/mol. The van der Waals surface area contributed by atoms with E-state index in [4.69, 9.17) is 28.3 Å². The number of carbonyl (C=O) groups excluding carboxylic acids is 1. The van der Waals surface area contributed by atoms with Gasteiger partial charge in [0.1, 0.15) is 6.54 Å². The van der Waals surface area contributed by atoms with E-state index in [9.17, 15) is 18.0 Å². The highest BCUT2D eigenvalue weighted by Gasteiger charge is 2.27. The second-order valence-electron chi connectivity index (χ2n) is 6.67. The Kier molecular flexibility index (Phi) is 7.70. The van der Waals surface area contributed by atoms with Crippen LogP contribution in [-0.2, 0) is 14.8 Å². The minimum absolute atomic E-state index is 0.0177. The van der Waals surface area contributed by atoms with E-state index in [2.05, 4.69) is 10.5 Å². The molecule has 0 atom stereocenters. The fourth-order valence-corrected chi connectivity index (χ4v) is 4.71. The predicted octanol–water partition coefficient (Wildman–Crippen LogP) is 4.04. The number of rotatable bonds is 8. The molecule has 0 aliphatic heterocycles. The number of aromatic carboxylic acids is 1. The van der Waals surface area contributed by atoms with Crippen molar-refractivity contribution < 1.29 is 23.1 Å². The summed E-state index contributed by atoms with van der Waals surface area (Å²) < 4.78 is 27.4. The van der Waals surface area contributed by atoms with Crippen molar-refractivity contribution in [1.82, 2.24) is 5.43 Å². The summed E-state index contributed by atoms with van der Waals surface area (Å²) in [5.74, 6) is -1.78. The molecule has 1 amide bonds. The number of nitrogens with zero attached hydrogens (tertiary/aromatic N) is 2. The molecule has 0 aliphatic carbocycles. The molecule has 0 aliphatic rings. The van der Waals surface area contributed by atoms with Crippen molar-refractivity contribution in [3.8, 4) is 0 Å². The topological polar surface area (TPSA) is 116 Å². The van der Waals surface area contributed by atoms with Crippen molar-refractivity contribution in [3.63, 3.8) is 0 Å². The van der Waals surface area contributed by atoms with Crippen molar-refractivity contribution >= 4 is 57.0 Å². The molecule has 3 aromatic rings. The van der Waals surface area contributed by atoms with Gasteiger partial charge in [-0.05, 0) is 48.0 Å². The van der Waals surface area contributed by atoms with Crippen LogP contribution in [0.4, 0.5) is 5.69 Å². The summed E-state index contributed by atoms with van der Waals surface area (Å²) in [6.07, 6.45) is 1.30. The molecule has 0 saturated heterocycles. The van der Waals surface area contributed by atoms with Crippen LogP contribution in [0.1, 0.15) is 15.9 Å². The van der Waals surface area contributed by atoms with Crippen molar-refractivity contribution in [2.45, 2.75) is 4.90 Å². The lowest BCUT2D eigenvalue weighted by Crippen LogP contribution is -2.39. The van der Waals surface area contributed by atoms with E-state index in [1.54, 1.807) is 18.2 Å². The second-order valence-corrected chi connectivity index (χ2v) is 9.41. The maximum absolute atomic E-state index is 13.2. The number of hydrogen-bond donors (Lipinski definition) is 2. The molecule has 8 nitrogen and oxygen atoms in total. The minimum Gasteiger partial charge on any atom is -0.478 e. The highest BCUT2D eigenvalue weighted by atomic mass is 35.5. The summed E-state index contributed by atoms with van der Waals surface area (Å²) in [5, 5.41) is 13.1. The molecule has 0 bridgehead atoms. The monoisotopic (exact) mass is 505 g/mol. The van der Waals surface area contributed by atoms with Gasteiger partial charge in [-0.2, -0.15) is 5.10 Å². The number of carboxylic acid groups (broad SMARTS) is 1. The molecule has 3 aromatic carbocycles. The maximum Gasteiger partial charge on any atom is 0.335 e. The lowest BCUT2D eigenvalue weighted by Gasteiger charge is -2.24. The largest absolute Gasteiger partial charge is 0.478 e.